The second-order valence-electron chi connectivity index (χ2n) is 3.54. The van der Waals surface area contributed by atoms with E-state index in [4.69, 9.17) is 18.9 Å². The van der Waals surface area contributed by atoms with E-state index < -0.39 is 0 Å². The summed E-state index contributed by atoms with van der Waals surface area (Å²) < 4.78 is 21.0. The normalized spacial score (nSPS) is 11.4. The standard InChI is InChI=1S/C13H26O4/c1-3-4-5-8-15-10-12-17-13-11-16-9-6-7-14-2/h3-4H,5-13H2,1-2H3. The maximum atomic E-state index is 5.36. The molecule has 0 aromatic heterocycles. The highest BCUT2D eigenvalue weighted by molar-refractivity contribution is 4.75. The van der Waals surface area contributed by atoms with Gasteiger partial charge in [0.25, 0.3) is 0 Å². The summed E-state index contributed by atoms with van der Waals surface area (Å²) in [5.41, 5.74) is 0. The zero-order chi connectivity index (χ0) is 12.6. The summed E-state index contributed by atoms with van der Waals surface area (Å²) in [6.07, 6.45) is 6.03. The fraction of sp³-hybridized carbons (Fsp3) is 0.846. The molecule has 0 spiro atoms. The minimum atomic E-state index is 0.630. The first-order valence-corrected chi connectivity index (χ1v) is 6.25. The molecular weight excluding hydrogens is 220 g/mol. The van der Waals surface area contributed by atoms with Crippen LogP contribution in [0.1, 0.15) is 19.8 Å². The summed E-state index contributed by atoms with van der Waals surface area (Å²) in [6.45, 7) is 6.82. The Morgan fingerprint density at radius 3 is 1.94 bits per heavy atom. The summed E-state index contributed by atoms with van der Waals surface area (Å²) in [5, 5.41) is 0. The summed E-state index contributed by atoms with van der Waals surface area (Å²) in [7, 11) is 1.69. The lowest BCUT2D eigenvalue weighted by molar-refractivity contribution is 0.0121. The Balaban J connectivity index is 2.89. The molecular formula is C13H26O4. The van der Waals surface area contributed by atoms with Crippen molar-refractivity contribution in [3.63, 3.8) is 0 Å². The van der Waals surface area contributed by atoms with Gasteiger partial charge >= 0.3 is 0 Å². The highest BCUT2D eigenvalue weighted by Gasteiger charge is 1.91. The predicted molar refractivity (Wildman–Crippen MR) is 68.4 cm³/mol. The molecule has 0 saturated carbocycles. The van der Waals surface area contributed by atoms with Crippen LogP contribution >= 0.6 is 0 Å². The fourth-order valence-electron chi connectivity index (χ4n) is 1.17. The van der Waals surface area contributed by atoms with Gasteiger partial charge in [-0.15, -0.1) is 0 Å². The summed E-state index contributed by atoms with van der Waals surface area (Å²) in [5.74, 6) is 0. The number of hydrogen-bond acceptors (Lipinski definition) is 4. The van der Waals surface area contributed by atoms with E-state index in [1.54, 1.807) is 7.11 Å². The van der Waals surface area contributed by atoms with Gasteiger partial charge in [0.15, 0.2) is 0 Å². The molecule has 0 radical (unpaired) electrons. The van der Waals surface area contributed by atoms with Gasteiger partial charge in [-0.05, 0) is 19.8 Å². The third kappa shape index (κ3) is 15.6. The van der Waals surface area contributed by atoms with Gasteiger partial charge in [-0.1, -0.05) is 12.2 Å². The van der Waals surface area contributed by atoms with E-state index in [0.717, 1.165) is 32.7 Å². The minimum absolute atomic E-state index is 0.630. The van der Waals surface area contributed by atoms with Crippen molar-refractivity contribution in [3.8, 4) is 0 Å². The lowest BCUT2D eigenvalue weighted by atomic mass is 10.4. The first-order valence-electron chi connectivity index (χ1n) is 6.25. The monoisotopic (exact) mass is 246 g/mol. The topological polar surface area (TPSA) is 36.9 Å². The molecule has 0 fully saturated rings. The Hall–Kier alpha value is -0.420. The molecule has 102 valence electrons. The van der Waals surface area contributed by atoms with Crippen LogP contribution in [0.15, 0.2) is 12.2 Å². The van der Waals surface area contributed by atoms with E-state index >= 15 is 0 Å². The molecule has 0 amide bonds. The molecule has 0 heterocycles. The molecule has 17 heavy (non-hydrogen) atoms. The van der Waals surface area contributed by atoms with E-state index in [2.05, 4.69) is 6.08 Å². The Labute approximate surface area is 105 Å². The van der Waals surface area contributed by atoms with Crippen molar-refractivity contribution in [1.82, 2.24) is 0 Å². The smallest absolute Gasteiger partial charge is 0.0701 e. The van der Waals surface area contributed by atoms with Gasteiger partial charge in [0.2, 0.25) is 0 Å². The SMILES string of the molecule is CC=CCCOCCOCCOCCCOC. The van der Waals surface area contributed by atoms with Gasteiger partial charge in [-0.2, -0.15) is 0 Å². The third-order valence-electron chi connectivity index (χ3n) is 2.05. The second kappa shape index (κ2) is 15.6. The molecule has 0 saturated heterocycles. The van der Waals surface area contributed by atoms with E-state index in [1.807, 2.05) is 13.0 Å². The number of allylic oxidation sites excluding steroid dienone is 1. The van der Waals surface area contributed by atoms with Gasteiger partial charge < -0.3 is 18.9 Å². The number of methoxy groups -OCH3 is 1. The number of rotatable bonds is 13. The van der Waals surface area contributed by atoms with Crippen molar-refractivity contribution in [3.05, 3.63) is 12.2 Å². The van der Waals surface area contributed by atoms with Gasteiger partial charge in [0.05, 0.1) is 33.0 Å². The molecule has 0 aliphatic heterocycles. The molecule has 0 aliphatic carbocycles. The average Bonchev–Trinajstić information content (AvgIpc) is 2.35. The Morgan fingerprint density at radius 2 is 1.35 bits per heavy atom. The van der Waals surface area contributed by atoms with Crippen molar-refractivity contribution < 1.29 is 18.9 Å². The van der Waals surface area contributed by atoms with Crippen LogP contribution in [0.3, 0.4) is 0 Å². The average molecular weight is 246 g/mol. The van der Waals surface area contributed by atoms with Crippen molar-refractivity contribution in [2.24, 2.45) is 0 Å². The van der Waals surface area contributed by atoms with Crippen molar-refractivity contribution in [2.45, 2.75) is 19.8 Å². The zero-order valence-electron chi connectivity index (χ0n) is 11.2. The van der Waals surface area contributed by atoms with Crippen LogP contribution in [0.2, 0.25) is 0 Å². The van der Waals surface area contributed by atoms with Crippen LogP contribution in [0.4, 0.5) is 0 Å². The first-order chi connectivity index (χ1) is 8.41. The molecule has 0 atom stereocenters. The number of hydrogen-bond donors (Lipinski definition) is 0. The molecule has 0 N–H and O–H groups in total. The lowest BCUT2D eigenvalue weighted by Gasteiger charge is -2.06. The summed E-state index contributed by atoms with van der Waals surface area (Å²) in [4.78, 5) is 0. The van der Waals surface area contributed by atoms with E-state index in [9.17, 15) is 0 Å². The van der Waals surface area contributed by atoms with Crippen molar-refractivity contribution >= 4 is 0 Å². The predicted octanol–water partition coefficient (Wildman–Crippen LogP) is 2.04. The minimum Gasteiger partial charge on any atom is -0.385 e. The second-order valence-corrected chi connectivity index (χ2v) is 3.54. The lowest BCUT2D eigenvalue weighted by Crippen LogP contribution is -2.10. The van der Waals surface area contributed by atoms with Gasteiger partial charge in [-0.25, -0.2) is 0 Å². The van der Waals surface area contributed by atoms with E-state index in [0.29, 0.717) is 26.4 Å². The first kappa shape index (κ1) is 16.6. The maximum Gasteiger partial charge on any atom is 0.0701 e. The van der Waals surface area contributed by atoms with Crippen LogP contribution in [-0.4, -0.2) is 53.4 Å². The molecule has 0 bridgehead atoms. The van der Waals surface area contributed by atoms with Crippen LogP contribution in [0.5, 0.6) is 0 Å². The zero-order valence-corrected chi connectivity index (χ0v) is 11.2. The van der Waals surface area contributed by atoms with Crippen LogP contribution in [-0.2, 0) is 18.9 Å². The summed E-state index contributed by atoms with van der Waals surface area (Å²) >= 11 is 0. The molecule has 0 unspecified atom stereocenters. The largest absolute Gasteiger partial charge is 0.385 e. The van der Waals surface area contributed by atoms with Crippen LogP contribution in [0, 0.1) is 0 Å². The quantitative estimate of drug-likeness (QED) is 0.368. The van der Waals surface area contributed by atoms with Gasteiger partial charge in [0.1, 0.15) is 0 Å². The third-order valence-corrected chi connectivity index (χ3v) is 2.05. The maximum absolute atomic E-state index is 5.36. The van der Waals surface area contributed by atoms with Crippen LogP contribution in [0.25, 0.3) is 0 Å². The Bertz CT molecular complexity index is 159. The van der Waals surface area contributed by atoms with E-state index in [-0.39, 0.29) is 0 Å². The van der Waals surface area contributed by atoms with Gasteiger partial charge in [-0.3, -0.25) is 0 Å². The highest BCUT2D eigenvalue weighted by Crippen LogP contribution is 1.87. The molecule has 0 aromatic rings. The van der Waals surface area contributed by atoms with Crippen molar-refractivity contribution in [2.75, 3.05) is 53.4 Å². The number of ether oxygens (including phenoxy) is 4. The molecule has 0 aromatic carbocycles. The molecule has 0 aliphatic rings. The molecule has 4 nitrogen and oxygen atoms in total. The Kier molecular flexibility index (Phi) is 15.2. The van der Waals surface area contributed by atoms with Crippen LogP contribution < -0.4 is 0 Å². The molecule has 4 heteroatoms. The summed E-state index contributed by atoms with van der Waals surface area (Å²) in [6, 6.07) is 0. The Morgan fingerprint density at radius 1 is 0.765 bits per heavy atom. The highest BCUT2D eigenvalue weighted by atomic mass is 16.5. The van der Waals surface area contributed by atoms with E-state index in [1.165, 1.54) is 0 Å². The molecule has 0 rings (SSSR count). The van der Waals surface area contributed by atoms with Crippen molar-refractivity contribution in [1.29, 1.82) is 0 Å². The fourth-order valence-corrected chi connectivity index (χ4v) is 1.17. The van der Waals surface area contributed by atoms with Gasteiger partial charge in [0, 0.05) is 20.3 Å².